The third-order valence-electron chi connectivity index (χ3n) is 5.87. The molecule has 0 spiro atoms. The lowest BCUT2D eigenvalue weighted by Crippen LogP contribution is -2.48. The quantitative estimate of drug-likeness (QED) is 0.677. The van der Waals surface area contributed by atoms with Crippen molar-refractivity contribution >= 4 is 35.6 Å². The Labute approximate surface area is 179 Å². The summed E-state index contributed by atoms with van der Waals surface area (Å²) in [6.45, 7) is 10.3. The van der Waals surface area contributed by atoms with Gasteiger partial charge in [0.2, 0.25) is 5.91 Å². The van der Waals surface area contributed by atoms with E-state index in [0.29, 0.717) is 23.4 Å². The Morgan fingerprint density at radius 2 is 1.67 bits per heavy atom. The van der Waals surface area contributed by atoms with Crippen molar-refractivity contribution in [1.82, 2.24) is 4.67 Å². The molecule has 8 heteroatoms. The van der Waals surface area contributed by atoms with E-state index in [1.165, 1.54) is 4.31 Å². The monoisotopic (exact) mass is 441 g/mol. The van der Waals surface area contributed by atoms with Gasteiger partial charge in [-0.3, -0.25) is 13.8 Å². The Hall–Kier alpha value is -2.45. The molecule has 2 aromatic carbocycles. The van der Waals surface area contributed by atoms with Gasteiger partial charge < -0.3 is 0 Å². The summed E-state index contributed by atoms with van der Waals surface area (Å²) in [5.74, 6) is -0.0268. The second-order valence-electron chi connectivity index (χ2n) is 9.23. The summed E-state index contributed by atoms with van der Waals surface area (Å²) in [6.07, 6.45) is 0.380. The molecule has 1 atom stereocenters. The fourth-order valence-corrected chi connectivity index (χ4v) is 6.79. The van der Waals surface area contributed by atoms with Crippen LogP contribution in [0, 0.1) is 12.3 Å². The molecule has 2 aliphatic heterocycles. The highest BCUT2D eigenvalue weighted by molar-refractivity contribution is 7.92. The lowest BCUT2D eigenvalue weighted by Gasteiger charge is -2.30. The Kier molecular flexibility index (Phi) is 4.70. The topological polar surface area (TPSA) is 70.1 Å². The van der Waals surface area contributed by atoms with Crippen LogP contribution in [0.2, 0.25) is 19.6 Å². The molecule has 0 radical (unpaired) electrons. The third kappa shape index (κ3) is 3.09. The number of carbonyl (C=O) groups excluding carboxylic acids is 1. The lowest BCUT2D eigenvalue weighted by molar-refractivity contribution is -0.131. The summed E-state index contributed by atoms with van der Waals surface area (Å²) < 4.78 is 30.2. The van der Waals surface area contributed by atoms with Crippen LogP contribution in [0.4, 0.5) is 5.69 Å². The summed E-state index contributed by atoms with van der Waals surface area (Å²) in [6, 6.07) is 14.2. The van der Waals surface area contributed by atoms with Gasteiger partial charge in [-0.2, -0.15) is 5.10 Å². The Morgan fingerprint density at radius 1 is 1.03 bits per heavy atom. The normalized spacial score (nSPS) is 21.8. The average Bonchev–Trinajstić information content (AvgIpc) is 2.86. The molecular weight excluding hydrogens is 414 g/mol. The molecule has 30 heavy (non-hydrogen) atoms. The Bertz CT molecular complexity index is 1150. The van der Waals surface area contributed by atoms with E-state index in [2.05, 4.69) is 19.6 Å². The second kappa shape index (κ2) is 6.78. The molecule has 0 fully saturated rings. The van der Waals surface area contributed by atoms with E-state index < -0.39 is 23.7 Å². The number of benzene rings is 2. The number of anilines is 1. The van der Waals surface area contributed by atoms with Crippen LogP contribution in [0.1, 0.15) is 24.5 Å². The van der Waals surface area contributed by atoms with E-state index in [1.54, 1.807) is 35.0 Å². The van der Waals surface area contributed by atoms with Gasteiger partial charge in [0, 0.05) is 12.1 Å². The molecule has 2 heterocycles. The number of nitrogens with zero attached hydrogens (tertiary/aromatic N) is 3. The van der Waals surface area contributed by atoms with Gasteiger partial charge in [0.25, 0.3) is 10.0 Å². The minimum atomic E-state index is -3.77. The first-order chi connectivity index (χ1) is 14.0. The number of hydrogen-bond acceptors (Lipinski definition) is 4. The first-order valence-electron chi connectivity index (χ1n) is 10.1. The van der Waals surface area contributed by atoms with Crippen molar-refractivity contribution in [3.05, 3.63) is 59.7 Å². The van der Waals surface area contributed by atoms with Crippen LogP contribution in [-0.2, 0) is 14.8 Å². The van der Waals surface area contributed by atoms with E-state index in [9.17, 15) is 13.2 Å². The van der Waals surface area contributed by atoms with Crippen LogP contribution in [0.3, 0.4) is 0 Å². The molecule has 4 rings (SSSR count). The molecule has 0 N–H and O–H groups in total. The Morgan fingerprint density at radius 3 is 2.30 bits per heavy atom. The van der Waals surface area contributed by atoms with Crippen LogP contribution in [0.15, 0.2) is 58.5 Å². The third-order valence-corrected chi connectivity index (χ3v) is 9.28. The molecule has 0 aromatic heterocycles. The molecule has 0 saturated carbocycles. The molecule has 2 aromatic rings. The number of fused-ring (bicyclic) bond motifs is 3. The summed E-state index contributed by atoms with van der Waals surface area (Å²) in [4.78, 5) is 13.7. The molecule has 0 saturated heterocycles. The summed E-state index contributed by atoms with van der Waals surface area (Å²) >= 11 is 0. The smallest absolute Gasteiger partial charge is 0.264 e. The SMILES string of the molecule is Cc1ccc(S(=O)(=O)N2CCC3(C)C(=O)N([Si](C)(C)C)N=C3c3ccccc32)cc1. The molecule has 0 aliphatic carbocycles. The van der Waals surface area contributed by atoms with Gasteiger partial charge in [-0.1, -0.05) is 35.9 Å². The number of sulfonamides is 1. The Balaban J connectivity index is 1.89. The van der Waals surface area contributed by atoms with Crippen LogP contribution in [0.5, 0.6) is 0 Å². The number of hydrazone groups is 1. The number of para-hydroxylation sites is 1. The van der Waals surface area contributed by atoms with Gasteiger partial charge in [0.05, 0.1) is 21.7 Å². The van der Waals surface area contributed by atoms with Crippen LogP contribution in [0.25, 0.3) is 0 Å². The number of amides is 1. The minimum Gasteiger partial charge on any atom is -0.273 e. The highest BCUT2D eigenvalue weighted by Gasteiger charge is 2.53. The van der Waals surface area contributed by atoms with Gasteiger partial charge in [-0.15, -0.1) is 0 Å². The highest BCUT2D eigenvalue weighted by atomic mass is 32.2. The second-order valence-corrected chi connectivity index (χ2v) is 15.9. The van der Waals surface area contributed by atoms with E-state index in [1.807, 2.05) is 32.0 Å². The van der Waals surface area contributed by atoms with E-state index in [-0.39, 0.29) is 17.3 Å². The zero-order chi connectivity index (χ0) is 21.9. The van der Waals surface area contributed by atoms with Crippen molar-refractivity contribution in [3.8, 4) is 0 Å². The minimum absolute atomic E-state index is 0.0268. The van der Waals surface area contributed by atoms with E-state index in [4.69, 9.17) is 5.10 Å². The fraction of sp³-hybridized carbons (Fsp3) is 0.364. The molecule has 158 valence electrons. The molecule has 6 nitrogen and oxygen atoms in total. The number of hydrogen-bond donors (Lipinski definition) is 0. The molecule has 0 bridgehead atoms. The first-order valence-corrected chi connectivity index (χ1v) is 15.0. The standard InChI is InChI=1S/C22H27N3O3SSi/c1-16-10-12-17(13-11-16)29(27,28)24-15-14-22(2)20(18-8-6-7-9-19(18)24)23-25(21(22)26)30(3,4)5/h6-13H,14-15H2,1-5H3. The van der Waals surface area contributed by atoms with Gasteiger partial charge in [0.1, 0.15) is 0 Å². The van der Waals surface area contributed by atoms with E-state index in [0.717, 1.165) is 5.56 Å². The average molecular weight is 442 g/mol. The summed E-state index contributed by atoms with van der Waals surface area (Å²) in [5.41, 5.74) is 2.12. The number of carbonyl (C=O) groups is 1. The number of rotatable bonds is 3. The van der Waals surface area contributed by atoms with Gasteiger partial charge in [-0.25, -0.2) is 8.42 Å². The van der Waals surface area contributed by atoms with Crippen molar-refractivity contribution < 1.29 is 13.2 Å². The van der Waals surface area contributed by atoms with Crippen molar-refractivity contribution in [2.45, 2.75) is 44.8 Å². The zero-order valence-electron chi connectivity index (χ0n) is 18.0. The van der Waals surface area contributed by atoms with Crippen molar-refractivity contribution in [3.63, 3.8) is 0 Å². The summed E-state index contributed by atoms with van der Waals surface area (Å²) in [5, 5.41) is 4.78. The maximum absolute atomic E-state index is 13.5. The molecular formula is C22H27N3O3SSi. The predicted octanol–water partition coefficient (Wildman–Crippen LogP) is 3.98. The van der Waals surface area contributed by atoms with E-state index >= 15 is 0 Å². The molecule has 1 unspecified atom stereocenters. The van der Waals surface area contributed by atoms with Gasteiger partial charge >= 0.3 is 0 Å². The van der Waals surface area contributed by atoms with Gasteiger partial charge in [-0.05, 0) is 58.1 Å². The van der Waals surface area contributed by atoms with Crippen LogP contribution < -0.4 is 4.31 Å². The maximum atomic E-state index is 13.5. The maximum Gasteiger partial charge on any atom is 0.264 e. The largest absolute Gasteiger partial charge is 0.273 e. The van der Waals surface area contributed by atoms with Crippen molar-refractivity contribution in [2.75, 3.05) is 10.8 Å². The molecule has 1 amide bonds. The number of aryl methyl sites for hydroxylation is 1. The van der Waals surface area contributed by atoms with Crippen LogP contribution >= 0.6 is 0 Å². The van der Waals surface area contributed by atoms with Crippen LogP contribution in [-0.4, -0.2) is 39.5 Å². The summed E-state index contributed by atoms with van der Waals surface area (Å²) in [7, 11) is -5.78. The molecule has 2 aliphatic rings. The fourth-order valence-electron chi connectivity index (χ4n) is 4.05. The van der Waals surface area contributed by atoms with Crippen molar-refractivity contribution in [1.29, 1.82) is 0 Å². The zero-order valence-corrected chi connectivity index (χ0v) is 19.8. The van der Waals surface area contributed by atoms with Crippen molar-refractivity contribution in [2.24, 2.45) is 10.5 Å². The predicted molar refractivity (Wildman–Crippen MR) is 122 cm³/mol. The van der Waals surface area contributed by atoms with Gasteiger partial charge in [0.15, 0.2) is 8.24 Å². The first kappa shape index (κ1) is 20.8. The highest BCUT2D eigenvalue weighted by Crippen LogP contribution is 2.44. The lowest BCUT2D eigenvalue weighted by atomic mass is 9.79.